The van der Waals surface area contributed by atoms with Gasteiger partial charge in [-0.3, -0.25) is 4.79 Å². The molecule has 3 unspecified atom stereocenters. The Balaban J connectivity index is 1.28. The van der Waals surface area contributed by atoms with Crippen LogP contribution in [-0.4, -0.2) is 66.8 Å². The van der Waals surface area contributed by atoms with E-state index in [4.69, 9.17) is 4.74 Å². The summed E-state index contributed by atoms with van der Waals surface area (Å²) in [7, 11) is 2.50. The topological polar surface area (TPSA) is 29.5 Å². The molecule has 10 atom stereocenters. The van der Waals surface area contributed by atoms with Crippen LogP contribution in [0.5, 0.6) is 0 Å². The van der Waals surface area contributed by atoms with Gasteiger partial charge in [-0.05, 0) is 119 Å². The highest BCUT2D eigenvalue weighted by atomic mass is 16.5. The molecular formula is C33H57N2O2+. The second-order valence-electron chi connectivity index (χ2n) is 15.6. The van der Waals surface area contributed by atoms with Crippen LogP contribution in [0.25, 0.3) is 0 Å². The summed E-state index contributed by atoms with van der Waals surface area (Å²) in [6.07, 6.45) is 18.1. The lowest BCUT2D eigenvalue weighted by molar-refractivity contribution is -0.940. The molecule has 6 aliphatic rings. The van der Waals surface area contributed by atoms with Crippen molar-refractivity contribution in [3.63, 3.8) is 0 Å². The van der Waals surface area contributed by atoms with Gasteiger partial charge in [-0.1, -0.05) is 27.2 Å². The molecule has 210 valence electrons. The third kappa shape index (κ3) is 4.34. The highest BCUT2D eigenvalue weighted by Crippen LogP contribution is 2.68. The number of hydrogen-bond donors (Lipinski definition) is 0. The van der Waals surface area contributed by atoms with E-state index in [-0.39, 0.29) is 17.5 Å². The second-order valence-corrected chi connectivity index (χ2v) is 15.6. The predicted octanol–water partition coefficient (Wildman–Crippen LogP) is 6.67. The molecule has 2 saturated heterocycles. The smallest absolute Gasteiger partial charge is 0.303 e. The van der Waals surface area contributed by atoms with Gasteiger partial charge in [-0.15, -0.1) is 0 Å². The number of carbonyl (C=O) groups is 1. The van der Waals surface area contributed by atoms with Crippen molar-refractivity contribution in [1.29, 1.82) is 0 Å². The molecule has 0 spiro atoms. The molecule has 0 amide bonds. The molecular weight excluding hydrogens is 456 g/mol. The fourth-order valence-electron chi connectivity index (χ4n) is 11.7. The number of quaternary nitrogens is 1. The zero-order valence-electron chi connectivity index (χ0n) is 24.9. The Morgan fingerprint density at radius 2 is 1.59 bits per heavy atom. The Morgan fingerprint density at radius 1 is 0.892 bits per heavy atom. The van der Waals surface area contributed by atoms with Crippen LogP contribution in [-0.2, 0) is 9.53 Å². The lowest BCUT2D eigenvalue weighted by Crippen LogP contribution is -2.60. The molecule has 0 aromatic carbocycles. The highest BCUT2D eigenvalue weighted by molar-refractivity contribution is 5.66. The Kier molecular flexibility index (Phi) is 7.04. The zero-order valence-corrected chi connectivity index (χ0v) is 24.9. The van der Waals surface area contributed by atoms with Crippen molar-refractivity contribution in [3.8, 4) is 0 Å². The van der Waals surface area contributed by atoms with Gasteiger partial charge in [0.05, 0.1) is 20.1 Å². The van der Waals surface area contributed by atoms with E-state index in [2.05, 4.69) is 32.7 Å². The van der Waals surface area contributed by atoms with Crippen LogP contribution in [0.3, 0.4) is 0 Å². The Labute approximate surface area is 227 Å². The molecule has 0 radical (unpaired) electrons. The van der Waals surface area contributed by atoms with Crippen molar-refractivity contribution in [1.82, 2.24) is 4.90 Å². The molecule has 4 nitrogen and oxygen atoms in total. The maximum Gasteiger partial charge on any atom is 0.303 e. The Hall–Kier alpha value is -0.610. The first-order chi connectivity index (χ1) is 17.7. The summed E-state index contributed by atoms with van der Waals surface area (Å²) in [6, 6.07) is 1.30. The zero-order chi connectivity index (χ0) is 26.0. The number of piperidine rings is 2. The van der Waals surface area contributed by atoms with E-state index in [1.807, 2.05) is 0 Å². The van der Waals surface area contributed by atoms with Gasteiger partial charge < -0.3 is 14.1 Å². The fourth-order valence-corrected chi connectivity index (χ4v) is 11.7. The van der Waals surface area contributed by atoms with E-state index < -0.39 is 0 Å². The maximum atomic E-state index is 12.5. The minimum atomic E-state index is -0.0519. The summed E-state index contributed by atoms with van der Waals surface area (Å²) in [6.45, 7) is 14.8. The van der Waals surface area contributed by atoms with Crippen molar-refractivity contribution in [2.75, 3.05) is 33.2 Å². The number of fused-ring (bicyclic) bond motifs is 5. The molecule has 0 aromatic heterocycles. The number of likely N-dealkylation sites (tertiary alicyclic amines) is 2. The second kappa shape index (κ2) is 9.79. The van der Waals surface area contributed by atoms with Gasteiger partial charge in [-0.2, -0.15) is 0 Å². The van der Waals surface area contributed by atoms with Crippen molar-refractivity contribution < 1.29 is 14.0 Å². The maximum absolute atomic E-state index is 12.5. The number of esters is 1. The largest absolute Gasteiger partial charge is 0.456 e. The van der Waals surface area contributed by atoms with Gasteiger partial charge in [0, 0.05) is 24.8 Å². The Morgan fingerprint density at radius 3 is 2.30 bits per heavy atom. The van der Waals surface area contributed by atoms with E-state index in [1.54, 1.807) is 6.92 Å². The quantitative estimate of drug-likeness (QED) is 0.312. The number of likely N-dealkylation sites (N-methyl/N-ethyl adjacent to an activating group) is 1. The summed E-state index contributed by atoms with van der Waals surface area (Å²) in [4.78, 5) is 15.4. The first kappa shape index (κ1) is 26.6. The van der Waals surface area contributed by atoms with Crippen LogP contribution in [0.15, 0.2) is 0 Å². The minimum Gasteiger partial charge on any atom is -0.456 e. The van der Waals surface area contributed by atoms with Crippen molar-refractivity contribution in [3.05, 3.63) is 0 Å². The van der Waals surface area contributed by atoms with E-state index >= 15 is 0 Å². The standard InChI is InChI=1S/C33H57N2O2/c1-23-20-25-12-13-26-27(33(25,4)22-29(23)34-16-8-6-9-17-34)14-15-32(3)28(26)21-30(31(32)37-24(2)36)35(5)18-10-7-11-19-35/h23,25-31H,6-22H2,1-5H3/q+1/t23-,25-,26?,27?,28?,29-,30-,31-,32-,33-/m0/s1. The SMILES string of the molecule is CC(=O)O[C@H]1[C@@H]([N+]2(C)CCCCC2)CC2C3CC[C@H]4C[C@H](C)[C@@H](N5CCCCC5)C[C@]4(C)C3CC[C@@]21C. The minimum absolute atomic E-state index is 0.0519. The average Bonchev–Trinajstić information content (AvgIpc) is 3.17. The van der Waals surface area contributed by atoms with Crippen molar-refractivity contribution >= 4 is 5.97 Å². The van der Waals surface area contributed by atoms with E-state index in [9.17, 15) is 4.79 Å². The van der Waals surface area contributed by atoms with Crippen molar-refractivity contribution in [2.45, 2.75) is 129 Å². The molecule has 4 saturated carbocycles. The fraction of sp³-hybridized carbons (Fsp3) is 0.970. The third-order valence-electron chi connectivity index (χ3n) is 13.8. The van der Waals surface area contributed by atoms with Gasteiger partial charge in [0.1, 0.15) is 6.04 Å². The van der Waals surface area contributed by atoms with Crippen LogP contribution in [0.1, 0.15) is 111 Å². The molecule has 6 fully saturated rings. The number of rotatable bonds is 3. The predicted molar refractivity (Wildman–Crippen MR) is 150 cm³/mol. The normalized spacial score (nSPS) is 50.0. The number of ether oxygens (including phenoxy) is 1. The van der Waals surface area contributed by atoms with Gasteiger partial charge in [-0.25, -0.2) is 0 Å². The molecule has 37 heavy (non-hydrogen) atoms. The molecule has 2 heterocycles. The summed E-state index contributed by atoms with van der Waals surface area (Å²) < 4.78 is 7.52. The van der Waals surface area contributed by atoms with Crippen LogP contribution >= 0.6 is 0 Å². The molecule has 2 aliphatic heterocycles. The van der Waals surface area contributed by atoms with Gasteiger partial charge in [0.15, 0.2) is 6.10 Å². The number of carbonyl (C=O) groups excluding carboxylic acids is 1. The van der Waals surface area contributed by atoms with Gasteiger partial charge in [0.25, 0.3) is 0 Å². The summed E-state index contributed by atoms with van der Waals surface area (Å²) in [5, 5.41) is 0. The molecule has 6 rings (SSSR count). The number of hydrogen-bond acceptors (Lipinski definition) is 3. The van der Waals surface area contributed by atoms with E-state index in [0.717, 1.165) is 40.1 Å². The Bertz CT molecular complexity index is 847. The lowest BCUT2D eigenvalue weighted by Gasteiger charge is -2.62. The number of nitrogens with zero attached hydrogens (tertiary/aromatic N) is 2. The summed E-state index contributed by atoms with van der Waals surface area (Å²) in [5.74, 6) is 4.14. The van der Waals surface area contributed by atoms with Crippen LogP contribution in [0, 0.1) is 40.4 Å². The van der Waals surface area contributed by atoms with Gasteiger partial charge in [0.2, 0.25) is 0 Å². The van der Waals surface area contributed by atoms with Crippen LogP contribution in [0.4, 0.5) is 0 Å². The first-order valence-electron chi connectivity index (χ1n) is 16.4. The molecule has 0 aromatic rings. The molecule has 4 aliphatic carbocycles. The highest BCUT2D eigenvalue weighted by Gasteiger charge is 2.67. The monoisotopic (exact) mass is 513 g/mol. The average molecular weight is 514 g/mol. The summed E-state index contributed by atoms with van der Waals surface area (Å²) >= 11 is 0. The van der Waals surface area contributed by atoms with Gasteiger partial charge >= 0.3 is 5.97 Å². The summed E-state index contributed by atoms with van der Waals surface area (Å²) in [5.41, 5.74) is 0.658. The first-order valence-corrected chi connectivity index (χ1v) is 16.4. The lowest BCUT2D eigenvalue weighted by atomic mass is 9.44. The van der Waals surface area contributed by atoms with E-state index in [0.29, 0.717) is 11.5 Å². The van der Waals surface area contributed by atoms with Crippen LogP contribution < -0.4 is 0 Å². The molecule has 0 N–H and O–H groups in total. The molecule has 0 bridgehead atoms. The van der Waals surface area contributed by atoms with Crippen LogP contribution in [0.2, 0.25) is 0 Å². The van der Waals surface area contributed by atoms with Crippen molar-refractivity contribution in [2.24, 2.45) is 40.4 Å². The molecule has 4 heteroatoms. The van der Waals surface area contributed by atoms with E-state index in [1.165, 1.54) is 110 Å². The third-order valence-corrected chi connectivity index (χ3v) is 13.8.